The van der Waals surface area contributed by atoms with Crippen LogP contribution in [-0.2, 0) is 0 Å². The third-order valence-electron chi connectivity index (χ3n) is 2.80. The highest BCUT2D eigenvalue weighted by molar-refractivity contribution is 4.71. The van der Waals surface area contributed by atoms with Crippen molar-refractivity contribution in [3.8, 4) is 0 Å². The number of hydrogen-bond donors (Lipinski definition) is 1. The predicted octanol–water partition coefficient (Wildman–Crippen LogP) is 2.74. The van der Waals surface area contributed by atoms with Gasteiger partial charge in [-0.15, -0.1) is 0 Å². The van der Waals surface area contributed by atoms with Gasteiger partial charge in [0, 0.05) is 19.6 Å². The van der Waals surface area contributed by atoms with Crippen molar-refractivity contribution in [3.63, 3.8) is 0 Å². The Bertz CT molecular complexity index is 141. The minimum absolute atomic E-state index is 0.460. The first-order valence-corrected chi connectivity index (χ1v) is 6.33. The number of nitrogens with zero attached hydrogens (tertiary/aromatic N) is 1. The van der Waals surface area contributed by atoms with Gasteiger partial charge < -0.3 is 10.2 Å². The van der Waals surface area contributed by atoms with E-state index in [9.17, 15) is 0 Å². The number of nitrogens with one attached hydrogen (secondary N) is 1. The molecule has 0 aliphatic rings. The maximum Gasteiger partial charge on any atom is 0.0101 e. The molecule has 15 heavy (non-hydrogen) atoms. The number of unbranched alkanes of at least 4 members (excludes halogenated alkanes) is 2. The van der Waals surface area contributed by atoms with Crippen molar-refractivity contribution in [1.82, 2.24) is 10.2 Å². The maximum absolute atomic E-state index is 3.54. The molecular formula is C13H30N2. The highest BCUT2D eigenvalue weighted by Gasteiger charge is 2.16. The zero-order chi connectivity index (χ0) is 11.7. The fraction of sp³-hybridized carbons (Fsp3) is 1.00. The lowest BCUT2D eigenvalue weighted by molar-refractivity contribution is 0.294. The molecule has 0 amide bonds. The summed E-state index contributed by atoms with van der Waals surface area (Å²) < 4.78 is 0. The van der Waals surface area contributed by atoms with Crippen molar-refractivity contribution in [2.75, 3.05) is 33.7 Å². The summed E-state index contributed by atoms with van der Waals surface area (Å²) in [6, 6.07) is 0. The molecule has 0 radical (unpaired) electrons. The molecule has 0 rings (SSSR count). The van der Waals surface area contributed by atoms with Crippen LogP contribution in [0.2, 0.25) is 0 Å². The van der Waals surface area contributed by atoms with E-state index in [1.165, 1.54) is 25.7 Å². The highest BCUT2D eigenvalue weighted by Crippen LogP contribution is 2.22. The van der Waals surface area contributed by atoms with E-state index in [-0.39, 0.29) is 0 Å². The lowest BCUT2D eigenvalue weighted by atomic mass is 9.87. The van der Waals surface area contributed by atoms with Crippen LogP contribution < -0.4 is 5.32 Å². The van der Waals surface area contributed by atoms with E-state index in [0.717, 1.165) is 19.6 Å². The van der Waals surface area contributed by atoms with E-state index in [0.29, 0.717) is 5.41 Å². The van der Waals surface area contributed by atoms with Gasteiger partial charge in [-0.2, -0.15) is 0 Å². The molecule has 0 saturated heterocycles. The second kappa shape index (κ2) is 8.12. The van der Waals surface area contributed by atoms with E-state index in [1.54, 1.807) is 0 Å². The van der Waals surface area contributed by atoms with Crippen LogP contribution in [0.4, 0.5) is 0 Å². The van der Waals surface area contributed by atoms with Crippen LogP contribution in [0, 0.1) is 5.41 Å². The minimum atomic E-state index is 0.460. The molecule has 0 aromatic carbocycles. The largest absolute Gasteiger partial charge is 0.315 e. The second-order valence-corrected chi connectivity index (χ2v) is 5.60. The van der Waals surface area contributed by atoms with E-state index in [4.69, 9.17) is 0 Å². The van der Waals surface area contributed by atoms with Gasteiger partial charge in [0.2, 0.25) is 0 Å². The highest BCUT2D eigenvalue weighted by atomic mass is 15.1. The maximum atomic E-state index is 3.54. The summed E-state index contributed by atoms with van der Waals surface area (Å²) in [5.41, 5.74) is 0.460. The molecule has 0 aliphatic heterocycles. The van der Waals surface area contributed by atoms with Crippen LogP contribution in [-0.4, -0.2) is 38.6 Å². The zero-order valence-corrected chi connectivity index (χ0v) is 11.4. The average Bonchev–Trinajstić information content (AvgIpc) is 2.13. The summed E-state index contributed by atoms with van der Waals surface area (Å²) in [4.78, 5) is 2.22. The summed E-state index contributed by atoms with van der Waals surface area (Å²) >= 11 is 0. The van der Waals surface area contributed by atoms with Gasteiger partial charge in [0.1, 0.15) is 0 Å². The molecule has 0 aromatic heterocycles. The van der Waals surface area contributed by atoms with E-state index < -0.39 is 0 Å². The lowest BCUT2D eigenvalue weighted by Gasteiger charge is -2.25. The van der Waals surface area contributed by atoms with Gasteiger partial charge in [0.25, 0.3) is 0 Å². The first-order valence-electron chi connectivity index (χ1n) is 6.33. The molecular weight excluding hydrogens is 184 g/mol. The second-order valence-electron chi connectivity index (χ2n) is 5.60. The summed E-state index contributed by atoms with van der Waals surface area (Å²) in [5, 5.41) is 3.54. The Morgan fingerprint density at radius 3 is 2.33 bits per heavy atom. The summed E-state index contributed by atoms with van der Waals surface area (Å²) in [5.74, 6) is 0. The van der Waals surface area contributed by atoms with Crippen LogP contribution in [0.15, 0.2) is 0 Å². The fourth-order valence-corrected chi connectivity index (χ4v) is 1.67. The lowest BCUT2D eigenvalue weighted by Crippen LogP contribution is -2.34. The van der Waals surface area contributed by atoms with Gasteiger partial charge in [-0.05, 0) is 25.9 Å². The van der Waals surface area contributed by atoms with Crippen LogP contribution in [0.3, 0.4) is 0 Å². The van der Waals surface area contributed by atoms with Crippen LogP contribution in [0.5, 0.6) is 0 Å². The minimum Gasteiger partial charge on any atom is -0.315 e. The van der Waals surface area contributed by atoms with Gasteiger partial charge in [-0.25, -0.2) is 0 Å². The summed E-state index contributed by atoms with van der Waals surface area (Å²) in [7, 11) is 4.24. The van der Waals surface area contributed by atoms with E-state index in [2.05, 4.69) is 45.1 Å². The molecule has 0 unspecified atom stereocenters. The van der Waals surface area contributed by atoms with E-state index >= 15 is 0 Å². The normalized spacial score (nSPS) is 12.4. The topological polar surface area (TPSA) is 15.3 Å². The zero-order valence-electron chi connectivity index (χ0n) is 11.4. The first-order chi connectivity index (χ1) is 6.98. The molecule has 2 nitrogen and oxygen atoms in total. The molecule has 0 heterocycles. The quantitative estimate of drug-likeness (QED) is 0.594. The molecule has 92 valence electrons. The monoisotopic (exact) mass is 214 g/mol. The molecule has 0 bridgehead atoms. The van der Waals surface area contributed by atoms with Crippen molar-refractivity contribution in [2.24, 2.45) is 5.41 Å². The van der Waals surface area contributed by atoms with Gasteiger partial charge >= 0.3 is 0 Å². The average molecular weight is 214 g/mol. The Kier molecular flexibility index (Phi) is 8.07. The Morgan fingerprint density at radius 2 is 1.80 bits per heavy atom. The van der Waals surface area contributed by atoms with Crippen molar-refractivity contribution in [1.29, 1.82) is 0 Å². The number of likely N-dealkylation sites (N-methyl/N-ethyl adjacent to an activating group) is 1. The third kappa shape index (κ3) is 10.2. The Labute approximate surface area is 96.4 Å². The summed E-state index contributed by atoms with van der Waals surface area (Å²) in [6.45, 7) is 10.4. The van der Waals surface area contributed by atoms with Crippen molar-refractivity contribution < 1.29 is 0 Å². The molecule has 0 saturated carbocycles. The Morgan fingerprint density at radius 1 is 1.13 bits per heavy atom. The van der Waals surface area contributed by atoms with Gasteiger partial charge in [-0.3, -0.25) is 0 Å². The molecule has 0 spiro atoms. The Balaban J connectivity index is 3.46. The number of hydrogen-bond acceptors (Lipinski definition) is 2. The molecule has 0 fully saturated rings. The predicted molar refractivity (Wildman–Crippen MR) is 69.3 cm³/mol. The van der Waals surface area contributed by atoms with Crippen molar-refractivity contribution in [3.05, 3.63) is 0 Å². The van der Waals surface area contributed by atoms with Crippen LogP contribution in [0.25, 0.3) is 0 Å². The van der Waals surface area contributed by atoms with Crippen LogP contribution >= 0.6 is 0 Å². The molecule has 0 atom stereocenters. The standard InChI is InChI=1S/C13H30N2/c1-6-7-8-9-13(2,3)12-14-10-11-15(4)5/h14H,6-12H2,1-5H3. The SMILES string of the molecule is CCCCCC(C)(C)CNCCN(C)C. The smallest absolute Gasteiger partial charge is 0.0101 e. The van der Waals surface area contributed by atoms with Crippen LogP contribution in [0.1, 0.15) is 46.5 Å². The Hall–Kier alpha value is -0.0800. The first kappa shape index (κ1) is 14.9. The van der Waals surface area contributed by atoms with Crippen molar-refractivity contribution in [2.45, 2.75) is 46.5 Å². The van der Waals surface area contributed by atoms with Gasteiger partial charge in [-0.1, -0.05) is 40.0 Å². The summed E-state index contributed by atoms with van der Waals surface area (Å²) in [6.07, 6.45) is 5.42. The molecule has 2 heteroatoms. The molecule has 0 aromatic rings. The van der Waals surface area contributed by atoms with E-state index in [1.807, 2.05) is 0 Å². The van der Waals surface area contributed by atoms with Crippen molar-refractivity contribution >= 4 is 0 Å². The fourth-order valence-electron chi connectivity index (χ4n) is 1.67. The third-order valence-corrected chi connectivity index (χ3v) is 2.80. The van der Waals surface area contributed by atoms with Gasteiger partial charge in [0.15, 0.2) is 0 Å². The number of rotatable bonds is 9. The molecule has 1 N–H and O–H groups in total. The van der Waals surface area contributed by atoms with Gasteiger partial charge in [0.05, 0.1) is 0 Å². The molecule has 0 aliphatic carbocycles.